The van der Waals surface area contributed by atoms with Crippen LogP contribution in [0, 0.1) is 0 Å². The van der Waals surface area contributed by atoms with Gasteiger partial charge in [-0.2, -0.15) is 12.6 Å². The summed E-state index contributed by atoms with van der Waals surface area (Å²) >= 11 is 4.20. The zero-order valence-corrected chi connectivity index (χ0v) is 21.9. The maximum atomic E-state index is 12.1. The SMILES string of the molecule is CCCCCCCCCCC(=O)O[C@@H](COP=O)COC(=O)CCCCCCCCCS. The highest BCUT2D eigenvalue weighted by Gasteiger charge is 2.17. The molecule has 8 heteroatoms. The Labute approximate surface area is 202 Å². The molecule has 0 bridgehead atoms. The molecule has 0 aliphatic heterocycles. The van der Waals surface area contributed by atoms with Gasteiger partial charge < -0.3 is 9.47 Å². The first-order valence-corrected chi connectivity index (χ1v) is 13.9. The zero-order valence-electron chi connectivity index (χ0n) is 20.1. The van der Waals surface area contributed by atoms with Crippen molar-refractivity contribution in [2.45, 2.75) is 122 Å². The number of ether oxygens (including phenoxy) is 2. The minimum Gasteiger partial charge on any atom is -0.462 e. The molecule has 1 atom stereocenters. The summed E-state index contributed by atoms with van der Waals surface area (Å²) in [6.07, 6.45) is 16.9. The number of esters is 2. The molecule has 0 aromatic rings. The molecule has 188 valence electrons. The fourth-order valence-corrected chi connectivity index (χ4v) is 3.85. The molecule has 6 nitrogen and oxygen atoms in total. The minimum atomic E-state index is -0.728. The van der Waals surface area contributed by atoms with E-state index in [1.807, 2.05) is 0 Å². The second-order valence-electron chi connectivity index (χ2n) is 8.34. The summed E-state index contributed by atoms with van der Waals surface area (Å²) in [4.78, 5) is 24.0. The lowest BCUT2D eigenvalue weighted by atomic mass is 10.1. The predicted molar refractivity (Wildman–Crippen MR) is 132 cm³/mol. The quantitative estimate of drug-likeness (QED) is 0.0662. The second kappa shape index (κ2) is 25.0. The lowest BCUT2D eigenvalue weighted by Gasteiger charge is -2.16. The van der Waals surface area contributed by atoms with Gasteiger partial charge in [0.15, 0.2) is 6.10 Å². The molecule has 0 rings (SSSR count). The summed E-state index contributed by atoms with van der Waals surface area (Å²) in [7, 11) is -0.488. The van der Waals surface area contributed by atoms with Crippen molar-refractivity contribution in [3.63, 3.8) is 0 Å². The van der Waals surface area contributed by atoms with Crippen LogP contribution in [0.15, 0.2) is 0 Å². The Bertz CT molecular complexity index is 464. The van der Waals surface area contributed by atoms with Crippen LogP contribution in [0.25, 0.3) is 0 Å². The molecule has 0 aliphatic rings. The molecule has 0 saturated carbocycles. The van der Waals surface area contributed by atoms with Crippen LogP contribution in [0.4, 0.5) is 0 Å². The van der Waals surface area contributed by atoms with Gasteiger partial charge in [0.25, 0.3) is 0 Å². The van der Waals surface area contributed by atoms with Gasteiger partial charge in [0.1, 0.15) is 13.2 Å². The van der Waals surface area contributed by atoms with Crippen molar-refractivity contribution in [2.24, 2.45) is 0 Å². The largest absolute Gasteiger partial charge is 0.462 e. The number of thiol groups is 1. The molecule has 0 heterocycles. The number of unbranched alkanes of at least 4 members (excludes halogenated alkanes) is 13. The van der Waals surface area contributed by atoms with Gasteiger partial charge in [-0.25, -0.2) is 4.57 Å². The van der Waals surface area contributed by atoms with E-state index in [-0.39, 0.29) is 25.2 Å². The van der Waals surface area contributed by atoms with Crippen molar-refractivity contribution in [3.8, 4) is 0 Å². The number of carbonyl (C=O) groups is 2. The Morgan fingerprint density at radius 1 is 0.719 bits per heavy atom. The monoisotopic (exact) mass is 492 g/mol. The van der Waals surface area contributed by atoms with Gasteiger partial charge >= 0.3 is 20.6 Å². The number of carbonyl (C=O) groups excluding carboxylic acids is 2. The molecule has 0 fully saturated rings. The summed E-state index contributed by atoms with van der Waals surface area (Å²) in [5.74, 6) is 0.311. The molecule has 0 aromatic carbocycles. The van der Waals surface area contributed by atoms with Crippen molar-refractivity contribution in [1.82, 2.24) is 0 Å². The Hall–Kier alpha value is -0.650. The fraction of sp³-hybridized carbons (Fsp3) is 0.917. The third-order valence-corrected chi connectivity index (χ3v) is 5.89. The molecule has 0 N–H and O–H groups in total. The normalized spacial score (nSPS) is 12.1. The zero-order chi connectivity index (χ0) is 23.7. The van der Waals surface area contributed by atoms with Gasteiger partial charge in [-0.15, -0.1) is 0 Å². The van der Waals surface area contributed by atoms with Gasteiger partial charge in [0.05, 0.1) is 0 Å². The third-order valence-electron chi connectivity index (χ3n) is 5.31. The van der Waals surface area contributed by atoms with E-state index in [4.69, 9.17) is 14.0 Å². The van der Waals surface area contributed by atoms with E-state index < -0.39 is 14.8 Å². The smallest absolute Gasteiger partial charge is 0.327 e. The van der Waals surface area contributed by atoms with E-state index in [2.05, 4.69) is 19.6 Å². The fourth-order valence-electron chi connectivity index (χ4n) is 3.40. The summed E-state index contributed by atoms with van der Waals surface area (Å²) in [5.41, 5.74) is 0. The predicted octanol–water partition coefficient (Wildman–Crippen LogP) is 7.25. The average molecular weight is 493 g/mol. The Morgan fingerprint density at radius 2 is 1.22 bits per heavy atom. The Morgan fingerprint density at radius 3 is 1.75 bits per heavy atom. The van der Waals surface area contributed by atoms with Crippen molar-refractivity contribution in [2.75, 3.05) is 19.0 Å². The summed E-state index contributed by atoms with van der Waals surface area (Å²) in [5, 5.41) is 0. The van der Waals surface area contributed by atoms with Gasteiger partial charge in [0.2, 0.25) is 0 Å². The first kappa shape index (κ1) is 31.4. The first-order valence-electron chi connectivity index (χ1n) is 12.5. The molecule has 0 spiro atoms. The summed E-state index contributed by atoms with van der Waals surface area (Å²) in [6.45, 7) is 2.08. The molecule has 0 amide bonds. The molecular weight excluding hydrogens is 447 g/mol. The van der Waals surface area contributed by atoms with Crippen LogP contribution in [-0.4, -0.2) is 37.0 Å². The molecule has 0 radical (unpaired) electrons. The molecule has 0 unspecified atom stereocenters. The maximum absolute atomic E-state index is 12.1. The standard InChI is InChI=1S/C24H45O6PS/c1-2-3-4-5-6-8-12-15-18-24(26)30-22(21-29-31-27)20-28-23(25)17-14-11-9-7-10-13-16-19-32/h22,32H,2-21H2,1H3/t22-/m1/s1. The van der Waals surface area contributed by atoms with E-state index in [9.17, 15) is 14.2 Å². The highest BCUT2D eigenvalue weighted by Crippen LogP contribution is 2.12. The van der Waals surface area contributed by atoms with Crippen molar-refractivity contribution < 1.29 is 28.2 Å². The molecular formula is C24H45O6PS. The molecule has 0 aromatic heterocycles. The maximum Gasteiger partial charge on any atom is 0.327 e. The third kappa shape index (κ3) is 22.5. The van der Waals surface area contributed by atoms with E-state index in [1.54, 1.807) is 0 Å². The lowest BCUT2D eigenvalue weighted by Crippen LogP contribution is -2.28. The van der Waals surface area contributed by atoms with Gasteiger partial charge in [-0.05, 0) is 25.0 Å². The molecule has 32 heavy (non-hydrogen) atoms. The van der Waals surface area contributed by atoms with E-state index in [0.717, 1.165) is 50.7 Å². The Balaban J connectivity index is 3.89. The van der Waals surface area contributed by atoms with Gasteiger partial charge in [-0.1, -0.05) is 84.0 Å². The van der Waals surface area contributed by atoms with E-state index in [0.29, 0.717) is 12.8 Å². The van der Waals surface area contributed by atoms with Crippen LogP contribution in [0.2, 0.25) is 0 Å². The first-order chi connectivity index (χ1) is 15.6. The van der Waals surface area contributed by atoms with Gasteiger partial charge in [0, 0.05) is 12.8 Å². The molecule has 0 aliphatic carbocycles. The Kier molecular flexibility index (Phi) is 24.5. The van der Waals surface area contributed by atoms with Crippen LogP contribution in [0.3, 0.4) is 0 Å². The van der Waals surface area contributed by atoms with Crippen LogP contribution >= 0.6 is 21.3 Å². The van der Waals surface area contributed by atoms with Crippen molar-refractivity contribution in [1.29, 1.82) is 0 Å². The highest BCUT2D eigenvalue weighted by molar-refractivity contribution is 7.80. The topological polar surface area (TPSA) is 78.9 Å². The van der Waals surface area contributed by atoms with E-state index in [1.165, 1.54) is 51.4 Å². The summed E-state index contributed by atoms with van der Waals surface area (Å²) in [6, 6.07) is 0. The van der Waals surface area contributed by atoms with Crippen LogP contribution in [-0.2, 0) is 28.2 Å². The highest BCUT2D eigenvalue weighted by atomic mass is 32.1. The van der Waals surface area contributed by atoms with Crippen molar-refractivity contribution in [3.05, 3.63) is 0 Å². The number of hydrogen-bond donors (Lipinski definition) is 1. The summed E-state index contributed by atoms with van der Waals surface area (Å²) < 4.78 is 26.0. The second-order valence-corrected chi connectivity index (χ2v) is 9.19. The number of rotatable bonds is 24. The average Bonchev–Trinajstić information content (AvgIpc) is 2.79. The van der Waals surface area contributed by atoms with Crippen molar-refractivity contribution >= 4 is 33.3 Å². The lowest BCUT2D eigenvalue weighted by molar-refractivity contribution is -0.160. The molecule has 0 saturated heterocycles. The van der Waals surface area contributed by atoms with Crippen LogP contribution < -0.4 is 0 Å². The minimum absolute atomic E-state index is 0.0617. The van der Waals surface area contributed by atoms with Crippen LogP contribution in [0.5, 0.6) is 0 Å². The number of hydrogen-bond acceptors (Lipinski definition) is 7. The van der Waals surface area contributed by atoms with Gasteiger partial charge in [-0.3, -0.25) is 14.1 Å². The van der Waals surface area contributed by atoms with Crippen LogP contribution in [0.1, 0.15) is 116 Å². The van der Waals surface area contributed by atoms with E-state index >= 15 is 0 Å².